The van der Waals surface area contributed by atoms with Gasteiger partial charge in [0, 0.05) is 19.5 Å². The second-order valence-electron chi connectivity index (χ2n) is 6.25. The number of benzene rings is 1. The first-order valence-electron chi connectivity index (χ1n) is 8.46. The SMILES string of the molecule is O=C(Nc1cccc2c1OCCO2)N1CCCC(Cc2nn[nH]n2)C1. The molecule has 3 heterocycles. The number of aromatic nitrogens is 4. The van der Waals surface area contributed by atoms with Gasteiger partial charge < -0.3 is 19.7 Å². The van der Waals surface area contributed by atoms with Crippen molar-refractivity contribution < 1.29 is 14.3 Å². The molecule has 0 radical (unpaired) electrons. The van der Waals surface area contributed by atoms with Gasteiger partial charge in [0.1, 0.15) is 13.2 Å². The van der Waals surface area contributed by atoms with Crippen molar-refractivity contribution in [1.82, 2.24) is 25.5 Å². The second kappa shape index (κ2) is 6.96. The molecular formula is C16H20N6O3. The fourth-order valence-corrected chi connectivity index (χ4v) is 3.31. The van der Waals surface area contributed by atoms with Crippen LogP contribution in [0.2, 0.25) is 0 Å². The maximum Gasteiger partial charge on any atom is 0.321 e. The Labute approximate surface area is 144 Å². The van der Waals surface area contributed by atoms with Crippen molar-refractivity contribution in [2.45, 2.75) is 19.3 Å². The number of fused-ring (bicyclic) bond motifs is 1. The summed E-state index contributed by atoms with van der Waals surface area (Å²) in [6, 6.07) is 5.39. The van der Waals surface area contributed by atoms with Crippen LogP contribution in [0.25, 0.3) is 0 Å². The predicted molar refractivity (Wildman–Crippen MR) is 88.6 cm³/mol. The zero-order valence-electron chi connectivity index (χ0n) is 13.8. The molecule has 1 atom stereocenters. The lowest BCUT2D eigenvalue weighted by molar-refractivity contribution is 0.170. The van der Waals surface area contributed by atoms with Gasteiger partial charge in [-0.1, -0.05) is 11.3 Å². The van der Waals surface area contributed by atoms with Crippen molar-refractivity contribution in [1.29, 1.82) is 0 Å². The van der Waals surface area contributed by atoms with Gasteiger partial charge in [-0.05, 0) is 30.9 Å². The number of hydrogen-bond acceptors (Lipinski definition) is 6. The van der Waals surface area contributed by atoms with Gasteiger partial charge in [0.15, 0.2) is 17.3 Å². The summed E-state index contributed by atoms with van der Waals surface area (Å²) in [4.78, 5) is 14.5. The standard InChI is InChI=1S/C16H20N6O3/c23-16(17-12-4-1-5-13-15(12)25-8-7-24-13)22-6-2-3-11(10-22)9-14-18-20-21-19-14/h1,4-5,11H,2-3,6-10H2,(H,17,23)(H,18,19,20,21). The summed E-state index contributed by atoms with van der Waals surface area (Å²) in [5.41, 5.74) is 0.641. The number of nitrogens with zero attached hydrogens (tertiary/aromatic N) is 4. The molecule has 2 N–H and O–H groups in total. The van der Waals surface area contributed by atoms with Crippen molar-refractivity contribution in [2.75, 3.05) is 31.6 Å². The number of piperidine rings is 1. The molecule has 132 valence electrons. The van der Waals surface area contributed by atoms with E-state index in [1.807, 2.05) is 23.1 Å². The third-order valence-corrected chi connectivity index (χ3v) is 4.47. The molecule has 4 rings (SSSR count). The molecule has 0 saturated carbocycles. The number of aromatic amines is 1. The minimum atomic E-state index is -0.125. The lowest BCUT2D eigenvalue weighted by Gasteiger charge is -2.32. The number of tetrazole rings is 1. The van der Waals surface area contributed by atoms with Crippen molar-refractivity contribution in [3.8, 4) is 11.5 Å². The highest BCUT2D eigenvalue weighted by molar-refractivity contribution is 5.91. The molecule has 0 aliphatic carbocycles. The van der Waals surface area contributed by atoms with Crippen molar-refractivity contribution in [3.05, 3.63) is 24.0 Å². The monoisotopic (exact) mass is 344 g/mol. The van der Waals surface area contributed by atoms with E-state index in [2.05, 4.69) is 25.9 Å². The molecule has 1 saturated heterocycles. The highest BCUT2D eigenvalue weighted by atomic mass is 16.6. The Bertz CT molecular complexity index is 735. The number of amides is 2. The Morgan fingerprint density at radius 2 is 2.28 bits per heavy atom. The molecule has 2 aliphatic rings. The average molecular weight is 344 g/mol. The number of anilines is 1. The van der Waals surface area contributed by atoms with E-state index in [4.69, 9.17) is 9.47 Å². The number of nitrogens with one attached hydrogen (secondary N) is 2. The molecule has 0 bridgehead atoms. The molecule has 2 aromatic rings. The Hall–Kier alpha value is -2.84. The van der Waals surface area contributed by atoms with Crippen molar-refractivity contribution in [2.24, 2.45) is 5.92 Å². The molecule has 0 spiro atoms. The Morgan fingerprint density at radius 3 is 3.16 bits per heavy atom. The van der Waals surface area contributed by atoms with Crippen molar-refractivity contribution in [3.63, 3.8) is 0 Å². The quantitative estimate of drug-likeness (QED) is 0.873. The van der Waals surface area contributed by atoms with Crippen LogP contribution in [-0.4, -0.2) is 57.9 Å². The van der Waals surface area contributed by atoms with Crippen LogP contribution in [0.1, 0.15) is 18.7 Å². The summed E-state index contributed by atoms with van der Waals surface area (Å²) in [7, 11) is 0. The highest BCUT2D eigenvalue weighted by Crippen LogP contribution is 2.37. The molecule has 1 unspecified atom stereocenters. The zero-order valence-corrected chi connectivity index (χ0v) is 13.8. The number of carbonyl (C=O) groups excluding carboxylic acids is 1. The Morgan fingerprint density at radius 1 is 1.36 bits per heavy atom. The van der Waals surface area contributed by atoms with Gasteiger partial charge in [-0.25, -0.2) is 4.79 Å². The molecule has 2 aliphatic heterocycles. The fraction of sp³-hybridized carbons (Fsp3) is 0.500. The predicted octanol–water partition coefficient (Wildman–Crippen LogP) is 1.46. The molecule has 1 aromatic heterocycles. The smallest absolute Gasteiger partial charge is 0.321 e. The third kappa shape index (κ3) is 3.49. The van der Waals surface area contributed by atoms with Crippen LogP contribution in [0.5, 0.6) is 11.5 Å². The van der Waals surface area contributed by atoms with Gasteiger partial charge in [0.05, 0.1) is 5.69 Å². The maximum atomic E-state index is 12.7. The van der Waals surface area contributed by atoms with Gasteiger partial charge in [0.2, 0.25) is 0 Å². The normalized spacial score (nSPS) is 19.5. The van der Waals surface area contributed by atoms with E-state index in [1.165, 1.54) is 0 Å². The molecule has 1 fully saturated rings. The van der Waals surface area contributed by atoms with Gasteiger partial charge in [-0.2, -0.15) is 5.21 Å². The van der Waals surface area contributed by atoms with Crippen molar-refractivity contribution >= 4 is 11.7 Å². The van der Waals surface area contributed by atoms with Crippen LogP contribution >= 0.6 is 0 Å². The number of rotatable bonds is 3. The van der Waals surface area contributed by atoms with E-state index in [0.29, 0.717) is 48.7 Å². The molecular weight excluding hydrogens is 324 g/mol. The average Bonchev–Trinajstić information content (AvgIpc) is 3.15. The second-order valence-corrected chi connectivity index (χ2v) is 6.25. The van der Waals surface area contributed by atoms with E-state index < -0.39 is 0 Å². The lowest BCUT2D eigenvalue weighted by Crippen LogP contribution is -2.43. The first-order chi connectivity index (χ1) is 12.3. The van der Waals surface area contributed by atoms with Gasteiger partial charge >= 0.3 is 6.03 Å². The molecule has 9 heteroatoms. The summed E-state index contributed by atoms with van der Waals surface area (Å²) in [5.74, 6) is 2.29. The van der Waals surface area contributed by atoms with Crippen LogP contribution < -0.4 is 14.8 Å². The molecule has 2 amide bonds. The van der Waals surface area contributed by atoms with Crippen LogP contribution in [0.3, 0.4) is 0 Å². The number of H-pyrrole nitrogens is 1. The number of urea groups is 1. The Kier molecular flexibility index (Phi) is 4.36. The van der Waals surface area contributed by atoms with Crippen LogP contribution in [0.15, 0.2) is 18.2 Å². The first-order valence-corrected chi connectivity index (χ1v) is 8.46. The van der Waals surface area contributed by atoms with E-state index >= 15 is 0 Å². The number of para-hydroxylation sites is 1. The number of carbonyl (C=O) groups is 1. The molecule has 1 aromatic carbocycles. The van der Waals surface area contributed by atoms with Crippen LogP contribution in [0.4, 0.5) is 10.5 Å². The minimum Gasteiger partial charge on any atom is -0.486 e. The number of hydrogen-bond donors (Lipinski definition) is 2. The van der Waals surface area contributed by atoms with E-state index in [0.717, 1.165) is 25.8 Å². The highest BCUT2D eigenvalue weighted by Gasteiger charge is 2.26. The van der Waals surface area contributed by atoms with E-state index in [-0.39, 0.29) is 6.03 Å². The largest absolute Gasteiger partial charge is 0.486 e. The van der Waals surface area contributed by atoms with E-state index in [9.17, 15) is 4.79 Å². The first kappa shape index (κ1) is 15.7. The zero-order chi connectivity index (χ0) is 17.1. The van der Waals surface area contributed by atoms with Gasteiger partial charge in [-0.3, -0.25) is 0 Å². The summed E-state index contributed by atoms with van der Waals surface area (Å²) in [5, 5.41) is 17.0. The number of ether oxygens (including phenoxy) is 2. The summed E-state index contributed by atoms with van der Waals surface area (Å²) in [6.07, 6.45) is 2.73. The summed E-state index contributed by atoms with van der Waals surface area (Å²) in [6.45, 7) is 2.42. The van der Waals surface area contributed by atoms with Gasteiger partial charge in [-0.15, -0.1) is 10.2 Å². The summed E-state index contributed by atoms with van der Waals surface area (Å²) < 4.78 is 11.2. The molecule has 25 heavy (non-hydrogen) atoms. The maximum absolute atomic E-state index is 12.7. The fourth-order valence-electron chi connectivity index (χ4n) is 3.31. The molecule has 9 nitrogen and oxygen atoms in total. The summed E-state index contributed by atoms with van der Waals surface area (Å²) >= 11 is 0. The van der Waals surface area contributed by atoms with Crippen LogP contribution in [-0.2, 0) is 6.42 Å². The lowest BCUT2D eigenvalue weighted by atomic mass is 9.95. The topological polar surface area (TPSA) is 105 Å². The van der Waals surface area contributed by atoms with Crippen LogP contribution in [0, 0.1) is 5.92 Å². The van der Waals surface area contributed by atoms with E-state index in [1.54, 1.807) is 0 Å². The number of likely N-dealkylation sites (tertiary alicyclic amines) is 1. The minimum absolute atomic E-state index is 0.125. The Balaban J connectivity index is 1.41. The van der Waals surface area contributed by atoms with Gasteiger partial charge in [0.25, 0.3) is 0 Å². The third-order valence-electron chi connectivity index (χ3n) is 4.47.